The third-order valence-corrected chi connectivity index (χ3v) is 3.71. The van der Waals surface area contributed by atoms with E-state index in [1.54, 1.807) is 30.3 Å². The first-order valence-electron chi connectivity index (χ1n) is 7.96. The number of alkyl halides is 3. The Balaban J connectivity index is 1.76. The molecule has 0 radical (unpaired) electrons. The zero-order chi connectivity index (χ0) is 20.3. The lowest BCUT2D eigenvalue weighted by Crippen LogP contribution is -2.26. The molecule has 0 aliphatic carbocycles. The van der Waals surface area contributed by atoms with E-state index in [4.69, 9.17) is 4.42 Å². The van der Waals surface area contributed by atoms with Gasteiger partial charge in [-0.25, -0.2) is 4.79 Å². The largest absolute Gasteiger partial charge is 0.496 e. The highest BCUT2D eigenvalue weighted by atomic mass is 19.4. The maximum Gasteiger partial charge on any atom is 0.437 e. The van der Waals surface area contributed by atoms with Crippen LogP contribution in [-0.2, 0) is 17.5 Å². The molecule has 28 heavy (non-hydrogen) atoms. The van der Waals surface area contributed by atoms with E-state index in [2.05, 4.69) is 15.2 Å². The monoisotopic (exact) mass is 393 g/mol. The first-order chi connectivity index (χ1) is 13.3. The number of amides is 1. The zero-order valence-corrected chi connectivity index (χ0v) is 14.5. The second kappa shape index (κ2) is 7.59. The summed E-state index contributed by atoms with van der Waals surface area (Å²) < 4.78 is 49.6. The van der Waals surface area contributed by atoms with E-state index in [0.717, 1.165) is 23.9 Å². The lowest BCUT2D eigenvalue weighted by Gasteiger charge is -2.13. The third kappa shape index (κ3) is 4.22. The molecule has 146 valence electrons. The van der Waals surface area contributed by atoms with Crippen molar-refractivity contribution in [3.63, 3.8) is 0 Å². The molecule has 0 spiro atoms. The Kier molecular flexibility index (Phi) is 5.21. The van der Waals surface area contributed by atoms with Crippen molar-refractivity contribution < 1.29 is 27.1 Å². The van der Waals surface area contributed by atoms with Gasteiger partial charge in [0.2, 0.25) is 11.8 Å². The standard InChI is InChI=1S/C18H14F3N3O4/c1-27-14-8-7-12(9-13(14)18(19,20)21)22-15(25)10-24-17(26)28-16(23-24)11-5-3-2-4-6-11/h2-9H,10H2,1H3,(H,22,25). The molecule has 2 aromatic carbocycles. The number of anilines is 1. The molecule has 3 rings (SSSR count). The van der Waals surface area contributed by atoms with Gasteiger partial charge in [0.1, 0.15) is 12.3 Å². The van der Waals surface area contributed by atoms with Crippen molar-refractivity contribution in [2.24, 2.45) is 0 Å². The van der Waals surface area contributed by atoms with Gasteiger partial charge in [0.15, 0.2) is 0 Å². The Morgan fingerprint density at radius 3 is 2.57 bits per heavy atom. The molecule has 0 bridgehead atoms. The summed E-state index contributed by atoms with van der Waals surface area (Å²) in [5.74, 6) is -1.94. The fourth-order valence-corrected chi connectivity index (χ4v) is 2.45. The summed E-state index contributed by atoms with van der Waals surface area (Å²) in [6.07, 6.45) is -4.65. The Hall–Kier alpha value is -3.56. The van der Waals surface area contributed by atoms with Crippen LogP contribution in [0.15, 0.2) is 57.7 Å². The van der Waals surface area contributed by atoms with Crippen LogP contribution < -0.4 is 15.8 Å². The van der Waals surface area contributed by atoms with Gasteiger partial charge in [-0.05, 0) is 30.3 Å². The van der Waals surface area contributed by atoms with Crippen LogP contribution >= 0.6 is 0 Å². The number of carbonyl (C=O) groups excluding carboxylic acids is 1. The fraction of sp³-hybridized carbons (Fsp3) is 0.167. The van der Waals surface area contributed by atoms with Crippen LogP contribution in [0.3, 0.4) is 0 Å². The topological polar surface area (TPSA) is 86.4 Å². The minimum Gasteiger partial charge on any atom is -0.496 e. The van der Waals surface area contributed by atoms with Crippen molar-refractivity contribution in [2.45, 2.75) is 12.7 Å². The molecular weight excluding hydrogens is 379 g/mol. The summed E-state index contributed by atoms with van der Waals surface area (Å²) in [6.45, 7) is -0.525. The molecule has 0 aliphatic heterocycles. The summed E-state index contributed by atoms with van der Waals surface area (Å²) in [7, 11) is 1.12. The maximum absolute atomic E-state index is 13.1. The highest BCUT2D eigenvalue weighted by Crippen LogP contribution is 2.37. The highest BCUT2D eigenvalue weighted by molar-refractivity contribution is 5.90. The average Bonchev–Trinajstić information content (AvgIpc) is 3.02. The van der Waals surface area contributed by atoms with Gasteiger partial charge in [-0.2, -0.15) is 17.9 Å². The Morgan fingerprint density at radius 1 is 1.21 bits per heavy atom. The quantitative estimate of drug-likeness (QED) is 0.720. The number of ether oxygens (including phenoxy) is 1. The molecular formula is C18H14F3N3O4. The van der Waals surface area contributed by atoms with Gasteiger partial charge in [0.05, 0.1) is 12.7 Å². The number of methoxy groups -OCH3 is 1. The van der Waals surface area contributed by atoms with Gasteiger partial charge in [-0.3, -0.25) is 4.79 Å². The molecule has 10 heteroatoms. The SMILES string of the molecule is COc1ccc(NC(=O)Cn2nc(-c3ccccc3)oc2=O)cc1C(F)(F)F. The first kappa shape index (κ1) is 19.2. The Morgan fingerprint density at radius 2 is 1.93 bits per heavy atom. The third-order valence-electron chi connectivity index (χ3n) is 3.71. The summed E-state index contributed by atoms with van der Waals surface area (Å²) in [4.78, 5) is 24.0. The fourth-order valence-electron chi connectivity index (χ4n) is 2.45. The molecule has 0 saturated carbocycles. The number of carbonyl (C=O) groups is 1. The summed E-state index contributed by atoms with van der Waals surface area (Å²) in [6, 6.07) is 11.7. The van der Waals surface area contributed by atoms with Crippen LogP contribution in [0.25, 0.3) is 11.5 Å². The van der Waals surface area contributed by atoms with Crippen LogP contribution in [0.2, 0.25) is 0 Å². The molecule has 1 amide bonds. The van der Waals surface area contributed by atoms with E-state index >= 15 is 0 Å². The predicted octanol–water partition coefficient (Wildman–Crippen LogP) is 3.17. The average molecular weight is 393 g/mol. The second-order valence-electron chi connectivity index (χ2n) is 5.66. The number of aromatic nitrogens is 2. The summed E-state index contributed by atoms with van der Waals surface area (Å²) >= 11 is 0. The van der Waals surface area contributed by atoms with E-state index < -0.39 is 29.9 Å². The molecule has 7 nitrogen and oxygen atoms in total. The molecule has 0 saturated heterocycles. The maximum atomic E-state index is 13.1. The van der Waals surface area contributed by atoms with E-state index in [0.29, 0.717) is 5.56 Å². The van der Waals surface area contributed by atoms with E-state index in [9.17, 15) is 22.8 Å². The summed E-state index contributed by atoms with van der Waals surface area (Å²) in [5, 5.41) is 6.22. The first-order valence-corrected chi connectivity index (χ1v) is 7.96. The number of hydrogen-bond donors (Lipinski definition) is 1. The van der Waals surface area contributed by atoms with Gasteiger partial charge >= 0.3 is 11.9 Å². The van der Waals surface area contributed by atoms with Crippen LogP contribution in [0.1, 0.15) is 5.56 Å². The van der Waals surface area contributed by atoms with E-state index in [1.807, 2.05) is 0 Å². The van der Waals surface area contributed by atoms with Crippen LogP contribution in [0, 0.1) is 0 Å². The van der Waals surface area contributed by atoms with Crippen LogP contribution in [0.4, 0.5) is 18.9 Å². The van der Waals surface area contributed by atoms with Gasteiger partial charge in [0, 0.05) is 11.3 Å². The van der Waals surface area contributed by atoms with Crippen LogP contribution in [0.5, 0.6) is 5.75 Å². The second-order valence-corrected chi connectivity index (χ2v) is 5.66. The van der Waals surface area contributed by atoms with E-state index in [-0.39, 0.29) is 17.3 Å². The van der Waals surface area contributed by atoms with Gasteiger partial charge in [-0.1, -0.05) is 18.2 Å². The van der Waals surface area contributed by atoms with Crippen molar-refractivity contribution >= 4 is 11.6 Å². The van der Waals surface area contributed by atoms with Gasteiger partial charge < -0.3 is 14.5 Å². The molecule has 1 N–H and O–H groups in total. The molecule has 3 aromatic rings. The number of benzene rings is 2. The van der Waals surface area contributed by atoms with Crippen molar-refractivity contribution in [2.75, 3.05) is 12.4 Å². The molecule has 1 heterocycles. The predicted molar refractivity (Wildman–Crippen MR) is 92.8 cm³/mol. The normalized spacial score (nSPS) is 11.3. The number of nitrogens with zero attached hydrogens (tertiary/aromatic N) is 2. The minimum atomic E-state index is -4.65. The molecule has 0 atom stereocenters. The molecule has 0 aliphatic rings. The van der Waals surface area contributed by atoms with Gasteiger partial charge in [-0.15, -0.1) is 5.10 Å². The number of rotatable bonds is 5. The van der Waals surface area contributed by atoms with Crippen LogP contribution in [-0.4, -0.2) is 22.8 Å². The van der Waals surface area contributed by atoms with Crippen molar-refractivity contribution in [1.82, 2.24) is 9.78 Å². The minimum absolute atomic E-state index is 0.0298. The van der Waals surface area contributed by atoms with Crippen molar-refractivity contribution in [3.8, 4) is 17.2 Å². The molecule has 0 fully saturated rings. The molecule has 0 unspecified atom stereocenters. The Bertz CT molecular complexity index is 1040. The van der Waals surface area contributed by atoms with Crippen molar-refractivity contribution in [1.29, 1.82) is 0 Å². The Labute approximate surface area is 156 Å². The van der Waals surface area contributed by atoms with E-state index in [1.165, 1.54) is 6.07 Å². The molecule has 1 aromatic heterocycles. The lowest BCUT2D eigenvalue weighted by molar-refractivity contribution is -0.138. The number of nitrogens with one attached hydrogen (secondary N) is 1. The number of hydrogen-bond acceptors (Lipinski definition) is 5. The lowest BCUT2D eigenvalue weighted by atomic mass is 10.1. The smallest absolute Gasteiger partial charge is 0.437 e. The zero-order valence-electron chi connectivity index (χ0n) is 14.5. The van der Waals surface area contributed by atoms with Gasteiger partial charge in [0.25, 0.3) is 0 Å². The number of halogens is 3. The highest BCUT2D eigenvalue weighted by Gasteiger charge is 2.34. The van der Waals surface area contributed by atoms with Crippen molar-refractivity contribution in [3.05, 3.63) is 64.6 Å². The summed E-state index contributed by atoms with van der Waals surface area (Å²) in [5.41, 5.74) is -0.584.